The third-order valence-corrected chi connectivity index (χ3v) is 9.05. The first kappa shape index (κ1) is 15.9. The Hall–Kier alpha value is -1.46. The highest BCUT2D eigenvalue weighted by molar-refractivity contribution is 6.74. The zero-order chi connectivity index (χ0) is 15.9. The smallest absolute Gasteiger partial charge is 0.260 e. The number of fused-ring (bicyclic) bond motifs is 1. The molecule has 0 aliphatic carbocycles. The molecule has 1 amide bonds. The van der Waals surface area contributed by atoms with E-state index in [4.69, 9.17) is 4.43 Å². The van der Waals surface area contributed by atoms with Gasteiger partial charge in [0, 0.05) is 17.7 Å². The number of aldehydes is 1. The van der Waals surface area contributed by atoms with E-state index in [9.17, 15) is 9.59 Å². The highest BCUT2D eigenvalue weighted by atomic mass is 28.4. The molecule has 1 unspecified atom stereocenters. The summed E-state index contributed by atoms with van der Waals surface area (Å²) in [6, 6.07) is 7.44. The number of anilines is 1. The van der Waals surface area contributed by atoms with Gasteiger partial charge in [-0.25, -0.2) is 0 Å². The van der Waals surface area contributed by atoms with Crippen LogP contribution in [0.4, 0.5) is 5.69 Å². The van der Waals surface area contributed by atoms with Gasteiger partial charge in [-0.15, -0.1) is 0 Å². The lowest BCUT2D eigenvalue weighted by Crippen LogP contribution is -2.51. The fourth-order valence-electron chi connectivity index (χ4n) is 2.34. The molecule has 21 heavy (non-hydrogen) atoms. The van der Waals surface area contributed by atoms with Gasteiger partial charge in [0.05, 0.1) is 0 Å². The number of carbonyl (C=O) groups is 2. The average Bonchev–Trinajstić information content (AvgIpc) is 2.61. The Bertz CT molecular complexity index is 577. The van der Waals surface area contributed by atoms with Crippen molar-refractivity contribution in [3.05, 3.63) is 29.8 Å². The number of hydrogen-bond donors (Lipinski definition) is 1. The van der Waals surface area contributed by atoms with Crippen LogP contribution in [0.3, 0.4) is 0 Å². The molecule has 114 valence electrons. The third kappa shape index (κ3) is 2.56. The number of amides is 1. The number of rotatable bonds is 4. The van der Waals surface area contributed by atoms with Crippen LogP contribution in [0.2, 0.25) is 18.1 Å². The first-order valence-electron chi connectivity index (χ1n) is 7.19. The second-order valence-corrected chi connectivity index (χ2v) is 11.8. The monoisotopic (exact) mass is 305 g/mol. The molecular formula is C16H23NO3Si. The van der Waals surface area contributed by atoms with E-state index in [1.165, 1.54) is 0 Å². The van der Waals surface area contributed by atoms with Crippen LogP contribution in [-0.2, 0) is 19.6 Å². The van der Waals surface area contributed by atoms with Crippen LogP contribution in [0.1, 0.15) is 32.8 Å². The maximum atomic E-state index is 12.6. The Balaban J connectivity index is 2.53. The second-order valence-electron chi connectivity index (χ2n) is 7.06. The van der Waals surface area contributed by atoms with Gasteiger partial charge in [0.25, 0.3) is 5.91 Å². The van der Waals surface area contributed by atoms with Crippen molar-refractivity contribution in [3.8, 4) is 0 Å². The molecule has 0 spiro atoms. The van der Waals surface area contributed by atoms with Gasteiger partial charge in [0.15, 0.2) is 13.9 Å². The van der Waals surface area contributed by atoms with Gasteiger partial charge >= 0.3 is 0 Å². The maximum Gasteiger partial charge on any atom is 0.260 e. The summed E-state index contributed by atoms with van der Waals surface area (Å²) in [5.74, 6) is -0.236. The molecule has 0 aromatic heterocycles. The topological polar surface area (TPSA) is 55.4 Å². The number of benzene rings is 1. The van der Waals surface area contributed by atoms with E-state index in [2.05, 4.69) is 39.2 Å². The number of para-hydroxylation sites is 1. The fraction of sp³-hybridized carbons (Fsp3) is 0.500. The predicted molar refractivity (Wildman–Crippen MR) is 85.7 cm³/mol. The van der Waals surface area contributed by atoms with E-state index in [0.29, 0.717) is 0 Å². The van der Waals surface area contributed by atoms with Crippen molar-refractivity contribution in [2.24, 2.45) is 0 Å². The molecule has 2 rings (SSSR count). The van der Waals surface area contributed by atoms with E-state index in [1.54, 1.807) is 0 Å². The summed E-state index contributed by atoms with van der Waals surface area (Å²) in [5, 5.41) is 2.81. The fourth-order valence-corrected chi connectivity index (χ4v) is 3.80. The number of carbonyl (C=O) groups excluding carboxylic acids is 2. The third-order valence-electron chi connectivity index (χ3n) is 4.58. The van der Waals surface area contributed by atoms with Gasteiger partial charge in [0.2, 0.25) is 0 Å². The lowest BCUT2D eigenvalue weighted by atomic mass is 9.93. The molecule has 0 saturated carbocycles. The Morgan fingerprint density at radius 2 is 1.90 bits per heavy atom. The highest BCUT2D eigenvalue weighted by Crippen LogP contribution is 2.47. The summed E-state index contributed by atoms with van der Waals surface area (Å²) >= 11 is 0. The summed E-state index contributed by atoms with van der Waals surface area (Å²) in [4.78, 5) is 23.8. The Morgan fingerprint density at radius 3 is 2.48 bits per heavy atom. The molecule has 1 aromatic rings. The lowest BCUT2D eigenvalue weighted by Gasteiger charge is -2.42. The summed E-state index contributed by atoms with van der Waals surface area (Å²) in [6.07, 6.45) is 0.817. The van der Waals surface area contributed by atoms with Crippen LogP contribution in [-0.4, -0.2) is 20.5 Å². The molecular weight excluding hydrogens is 282 g/mol. The molecule has 0 radical (unpaired) electrons. The first-order valence-corrected chi connectivity index (χ1v) is 10.1. The molecule has 1 aliphatic heterocycles. The Kier molecular flexibility index (Phi) is 3.84. The molecule has 4 nitrogen and oxygen atoms in total. The van der Waals surface area contributed by atoms with Crippen molar-refractivity contribution in [1.82, 2.24) is 0 Å². The van der Waals surface area contributed by atoms with E-state index < -0.39 is 13.9 Å². The molecule has 0 saturated heterocycles. The van der Waals surface area contributed by atoms with Gasteiger partial charge in [-0.2, -0.15) is 0 Å². The first-order chi connectivity index (χ1) is 9.64. The summed E-state index contributed by atoms with van der Waals surface area (Å²) in [6.45, 7) is 10.5. The van der Waals surface area contributed by atoms with Crippen LogP contribution in [0, 0.1) is 0 Å². The van der Waals surface area contributed by atoms with E-state index in [-0.39, 0.29) is 17.4 Å². The quantitative estimate of drug-likeness (QED) is 0.685. The summed E-state index contributed by atoms with van der Waals surface area (Å²) in [7, 11) is -2.21. The van der Waals surface area contributed by atoms with Gasteiger partial charge in [-0.3, -0.25) is 4.79 Å². The molecule has 5 heteroatoms. The predicted octanol–water partition coefficient (Wildman–Crippen LogP) is 3.44. The summed E-state index contributed by atoms with van der Waals surface area (Å²) < 4.78 is 6.43. The van der Waals surface area contributed by atoms with Crippen molar-refractivity contribution < 1.29 is 14.0 Å². The van der Waals surface area contributed by atoms with Crippen LogP contribution < -0.4 is 5.32 Å². The van der Waals surface area contributed by atoms with E-state index in [0.717, 1.165) is 17.5 Å². The van der Waals surface area contributed by atoms with Gasteiger partial charge in [-0.1, -0.05) is 39.0 Å². The van der Waals surface area contributed by atoms with Crippen molar-refractivity contribution in [2.45, 2.75) is 50.9 Å². The summed E-state index contributed by atoms with van der Waals surface area (Å²) in [5.41, 5.74) is 0.330. The number of nitrogens with one attached hydrogen (secondary N) is 1. The van der Waals surface area contributed by atoms with Crippen molar-refractivity contribution >= 4 is 26.2 Å². The normalized spacial score (nSPS) is 21.9. The van der Waals surface area contributed by atoms with Crippen LogP contribution in [0.15, 0.2) is 24.3 Å². The SMILES string of the molecule is CC(C)(C)[Si](C)(C)OC1(CC=O)C(=O)Nc2ccccc21. The molecule has 1 aromatic carbocycles. The van der Waals surface area contributed by atoms with Crippen molar-refractivity contribution in [2.75, 3.05) is 5.32 Å². The minimum absolute atomic E-state index is 0.0410. The maximum absolute atomic E-state index is 12.6. The van der Waals surface area contributed by atoms with Crippen LogP contribution >= 0.6 is 0 Å². The molecule has 1 heterocycles. The van der Waals surface area contributed by atoms with E-state index >= 15 is 0 Å². The second kappa shape index (κ2) is 5.07. The Morgan fingerprint density at radius 1 is 1.29 bits per heavy atom. The average molecular weight is 305 g/mol. The minimum atomic E-state index is -2.21. The minimum Gasteiger partial charge on any atom is -0.399 e. The Labute approximate surface area is 127 Å². The van der Waals surface area contributed by atoms with Gasteiger partial charge < -0.3 is 14.5 Å². The highest BCUT2D eigenvalue weighted by Gasteiger charge is 2.53. The van der Waals surface area contributed by atoms with Crippen LogP contribution in [0.5, 0.6) is 0 Å². The molecule has 0 bridgehead atoms. The van der Waals surface area contributed by atoms with Crippen molar-refractivity contribution in [1.29, 1.82) is 0 Å². The van der Waals surface area contributed by atoms with Crippen molar-refractivity contribution in [3.63, 3.8) is 0 Å². The molecule has 1 atom stereocenters. The van der Waals surface area contributed by atoms with Gasteiger partial charge in [0.1, 0.15) is 6.29 Å². The van der Waals surface area contributed by atoms with Crippen LogP contribution in [0.25, 0.3) is 0 Å². The zero-order valence-corrected chi connectivity index (χ0v) is 14.3. The molecule has 1 N–H and O–H groups in total. The van der Waals surface area contributed by atoms with E-state index in [1.807, 2.05) is 24.3 Å². The molecule has 0 fully saturated rings. The van der Waals surface area contributed by atoms with Gasteiger partial charge in [-0.05, 0) is 24.2 Å². The standard InChI is InChI=1S/C16H23NO3Si/c1-15(2,3)21(4,5)20-16(10-11-18)12-8-6-7-9-13(12)17-14(16)19/h6-9,11H,10H2,1-5H3,(H,17,19). The lowest BCUT2D eigenvalue weighted by molar-refractivity contribution is -0.135. The largest absolute Gasteiger partial charge is 0.399 e. The number of hydrogen-bond acceptors (Lipinski definition) is 3. The molecule has 1 aliphatic rings. The zero-order valence-electron chi connectivity index (χ0n) is 13.3.